The molecule has 6 heteroatoms. The van der Waals surface area contributed by atoms with Gasteiger partial charge in [0.15, 0.2) is 9.84 Å². The Bertz CT molecular complexity index is 550. The molecule has 0 radical (unpaired) electrons. The first kappa shape index (κ1) is 17.3. The first-order valence-corrected chi connectivity index (χ1v) is 9.34. The zero-order chi connectivity index (χ0) is 14.8. The Morgan fingerprint density at radius 2 is 1.84 bits per heavy atom. The van der Waals surface area contributed by atoms with E-state index in [1.54, 1.807) is 6.07 Å². The zero-order valence-electron chi connectivity index (χ0n) is 11.1. The molecule has 1 rings (SSSR count). The van der Waals surface area contributed by atoms with Gasteiger partial charge in [-0.05, 0) is 29.5 Å². The number of hydrogen-bond acceptors (Lipinski definition) is 2. The summed E-state index contributed by atoms with van der Waals surface area (Å²) in [4.78, 5) is 0.108. The predicted octanol–water partition coefficient (Wildman–Crippen LogP) is 4.82. The highest BCUT2D eigenvalue weighted by atomic mass is 79.9. The van der Waals surface area contributed by atoms with Crippen LogP contribution in [0.4, 0.5) is 0 Å². The molecule has 1 atom stereocenters. The summed E-state index contributed by atoms with van der Waals surface area (Å²) >= 11 is 15.2. The molecule has 0 aromatic heterocycles. The van der Waals surface area contributed by atoms with Gasteiger partial charge in [-0.3, -0.25) is 0 Å². The molecule has 0 bridgehead atoms. The van der Waals surface area contributed by atoms with Gasteiger partial charge in [0.1, 0.15) is 0 Å². The second-order valence-electron chi connectivity index (χ2n) is 5.57. The maximum Gasteiger partial charge on any atom is 0.180 e. The molecule has 108 valence electrons. The van der Waals surface area contributed by atoms with E-state index in [0.29, 0.717) is 10.4 Å². The maximum atomic E-state index is 12.5. The number of hydrogen-bond donors (Lipinski definition) is 0. The Hall–Kier alpha value is 0.230. The van der Waals surface area contributed by atoms with Gasteiger partial charge in [-0.25, -0.2) is 8.42 Å². The van der Waals surface area contributed by atoms with Crippen molar-refractivity contribution in [2.45, 2.75) is 25.7 Å². The van der Waals surface area contributed by atoms with Crippen molar-refractivity contribution < 1.29 is 8.42 Å². The molecular weight excluding hydrogens is 371 g/mol. The SMILES string of the molecule is CC(C)(C)C(CBr)CS(=O)(=O)c1cc(Cl)ccc1Cl. The third-order valence-corrected chi connectivity index (χ3v) is 6.37. The molecule has 0 aliphatic heterocycles. The molecule has 0 saturated carbocycles. The number of alkyl halides is 1. The molecule has 0 heterocycles. The summed E-state index contributed by atoms with van der Waals surface area (Å²) in [6.07, 6.45) is 0. The highest BCUT2D eigenvalue weighted by Gasteiger charge is 2.30. The Kier molecular flexibility index (Phi) is 5.76. The van der Waals surface area contributed by atoms with Gasteiger partial charge in [-0.2, -0.15) is 0 Å². The summed E-state index contributed by atoms with van der Waals surface area (Å²) < 4.78 is 24.9. The van der Waals surface area contributed by atoms with Crippen LogP contribution in [0.25, 0.3) is 0 Å². The quantitative estimate of drug-likeness (QED) is 0.693. The van der Waals surface area contributed by atoms with E-state index in [4.69, 9.17) is 23.2 Å². The molecular formula is C13H17BrCl2O2S. The summed E-state index contributed by atoms with van der Waals surface area (Å²) in [5, 5.41) is 1.20. The minimum atomic E-state index is -3.45. The number of sulfone groups is 1. The van der Waals surface area contributed by atoms with E-state index in [1.165, 1.54) is 12.1 Å². The van der Waals surface area contributed by atoms with Crippen LogP contribution in [0, 0.1) is 11.3 Å². The number of benzene rings is 1. The van der Waals surface area contributed by atoms with Crippen LogP contribution in [0.5, 0.6) is 0 Å². The Morgan fingerprint density at radius 3 is 2.32 bits per heavy atom. The van der Waals surface area contributed by atoms with Gasteiger partial charge in [0.25, 0.3) is 0 Å². The van der Waals surface area contributed by atoms with E-state index in [2.05, 4.69) is 15.9 Å². The lowest BCUT2D eigenvalue weighted by molar-refractivity contribution is 0.291. The van der Waals surface area contributed by atoms with E-state index >= 15 is 0 Å². The van der Waals surface area contributed by atoms with Crippen molar-refractivity contribution in [3.63, 3.8) is 0 Å². The van der Waals surface area contributed by atoms with E-state index < -0.39 is 9.84 Å². The topological polar surface area (TPSA) is 34.1 Å². The highest BCUT2D eigenvalue weighted by molar-refractivity contribution is 9.09. The molecule has 2 nitrogen and oxygen atoms in total. The van der Waals surface area contributed by atoms with Gasteiger partial charge in [-0.15, -0.1) is 0 Å². The van der Waals surface area contributed by atoms with Crippen LogP contribution >= 0.6 is 39.1 Å². The van der Waals surface area contributed by atoms with E-state index in [9.17, 15) is 8.42 Å². The summed E-state index contributed by atoms with van der Waals surface area (Å²) in [6.45, 7) is 6.07. The molecule has 1 unspecified atom stereocenters. The summed E-state index contributed by atoms with van der Waals surface area (Å²) in [5.74, 6) is 0.0366. The molecule has 1 aromatic carbocycles. The van der Waals surface area contributed by atoms with Crippen LogP contribution in [0.15, 0.2) is 23.1 Å². The lowest BCUT2D eigenvalue weighted by Crippen LogP contribution is -2.29. The van der Waals surface area contributed by atoms with Crippen molar-refractivity contribution in [3.8, 4) is 0 Å². The van der Waals surface area contributed by atoms with Crippen LogP contribution in [-0.2, 0) is 9.84 Å². The molecule has 19 heavy (non-hydrogen) atoms. The van der Waals surface area contributed by atoms with Gasteiger partial charge in [0, 0.05) is 10.4 Å². The fraction of sp³-hybridized carbons (Fsp3) is 0.538. The first-order valence-electron chi connectivity index (χ1n) is 5.81. The van der Waals surface area contributed by atoms with E-state index in [-0.39, 0.29) is 27.0 Å². The van der Waals surface area contributed by atoms with E-state index in [1.807, 2.05) is 20.8 Å². The third kappa shape index (κ3) is 4.62. The monoisotopic (exact) mass is 386 g/mol. The fourth-order valence-corrected chi connectivity index (χ4v) is 5.81. The smallest absolute Gasteiger partial charge is 0.180 e. The minimum Gasteiger partial charge on any atom is -0.224 e. The van der Waals surface area contributed by atoms with E-state index in [0.717, 1.165) is 0 Å². The normalized spacial score (nSPS) is 14.4. The number of halogens is 3. The molecule has 0 aliphatic carbocycles. The Balaban J connectivity index is 3.14. The van der Waals surface area contributed by atoms with Gasteiger partial charge < -0.3 is 0 Å². The molecule has 0 fully saturated rings. The average Bonchev–Trinajstić information content (AvgIpc) is 2.27. The Labute approximate surface area is 133 Å². The highest BCUT2D eigenvalue weighted by Crippen LogP contribution is 2.33. The van der Waals surface area contributed by atoms with Crippen molar-refractivity contribution in [2.75, 3.05) is 11.1 Å². The predicted molar refractivity (Wildman–Crippen MR) is 85.3 cm³/mol. The van der Waals surface area contributed by atoms with Gasteiger partial charge >= 0.3 is 0 Å². The third-order valence-electron chi connectivity index (χ3n) is 3.06. The molecule has 0 aliphatic rings. The summed E-state index contributed by atoms with van der Waals surface area (Å²) in [7, 11) is -3.45. The lowest BCUT2D eigenvalue weighted by Gasteiger charge is -2.29. The van der Waals surface area contributed by atoms with Crippen molar-refractivity contribution in [1.82, 2.24) is 0 Å². The van der Waals surface area contributed by atoms with Crippen molar-refractivity contribution in [3.05, 3.63) is 28.2 Å². The van der Waals surface area contributed by atoms with Gasteiger partial charge in [0.2, 0.25) is 0 Å². The molecule has 0 saturated heterocycles. The second-order valence-corrected chi connectivity index (χ2v) is 9.07. The van der Waals surface area contributed by atoms with Crippen LogP contribution in [0.3, 0.4) is 0 Å². The van der Waals surface area contributed by atoms with Crippen LogP contribution in [-0.4, -0.2) is 19.5 Å². The largest absolute Gasteiger partial charge is 0.224 e. The van der Waals surface area contributed by atoms with Crippen LogP contribution in [0.2, 0.25) is 10.0 Å². The van der Waals surface area contributed by atoms with Crippen molar-refractivity contribution in [1.29, 1.82) is 0 Å². The molecule has 1 aromatic rings. The first-order chi connectivity index (χ1) is 8.58. The summed E-state index contributed by atoms with van der Waals surface area (Å²) in [5.41, 5.74) is -0.110. The minimum absolute atomic E-state index is 0.00690. The average molecular weight is 388 g/mol. The van der Waals surface area contributed by atoms with Gasteiger partial charge in [-0.1, -0.05) is 59.9 Å². The van der Waals surface area contributed by atoms with Crippen LogP contribution < -0.4 is 0 Å². The standard InChI is InChI=1S/C13H17BrCl2O2S/c1-13(2,3)9(7-14)8-19(17,18)12-6-10(15)4-5-11(12)16/h4-6,9H,7-8H2,1-3H3. The zero-order valence-corrected chi connectivity index (χ0v) is 15.0. The molecule has 0 amide bonds. The van der Waals surface area contributed by atoms with Crippen LogP contribution in [0.1, 0.15) is 20.8 Å². The lowest BCUT2D eigenvalue weighted by atomic mass is 9.83. The second kappa shape index (κ2) is 6.33. The Morgan fingerprint density at radius 1 is 1.26 bits per heavy atom. The summed E-state index contributed by atoms with van der Waals surface area (Å²) in [6, 6.07) is 4.50. The van der Waals surface area contributed by atoms with Crippen molar-refractivity contribution >= 4 is 49.0 Å². The van der Waals surface area contributed by atoms with Gasteiger partial charge in [0.05, 0.1) is 15.7 Å². The fourth-order valence-electron chi connectivity index (χ4n) is 1.60. The molecule has 0 N–H and O–H groups in total. The molecule has 0 spiro atoms. The number of rotatable bonds is 4. The maximum absolute atomic E-state index is 12.5. The van der Waals surface area contributed by atoms with Crippen molar-refractivity contribution in [2.24, 2.45) is 11.3 Å².